The number of nitrogens with two attached hydrogens (primary N) is 1. The third-order valence-electron chi connectivity index (χ3n) is 2.64. The summed E-state index contributed by atoms with van der Waals surface area (Å²) in [5, 5.41) is 9.16. The van der Waals surface area contributed by atoms with Crippen LogP contribution in [0, 0.1) is 0 Å². The third-order valence-corrected chi connectivity index (χ3v) is 2.64. The van der Waals surface area contributed by atoms with Crippen LogP contribution < -0.4 is 11.3 Å². The normalized spacial score (nSPS) is 14.2. The molecule has 0 rings (SSSR count). The first kappa shape index (κ1) is 13.4. The van der Waals surface area contributed by atoms with Gasteiger partial charge in [0.2, 0.25) is 0 Å². The molecule has 0 spiro atoms. The van der Waals surface area contributed by atoms with Crippen molar-refractivity contribution in [2.45, 2.75) is 38.8 Å². The van der Waals surface area contributed by atoms with Crippen molar-refractivity contribution in [1.82, 2.24) is 10.3 Å². The minimum absolute atomic E-state index is 0.00213. The molecule has 1 amide bonds. The molecule has 0 aromatic heterocycles. The van der Waals surface area contributed by atoms with E-state index in [1.54, 1.807) is 7.05 Å². The van der Waals surface area contributed by atoms with Gasteiger partial charge in [-0.2, -0.15) is 0 Å². The molecule has 0 radical (unpaired) electrons. The van der Waals surface area contributed by atoms with Gasteiger partial charge in [0.1, 0.15) is 0 Å². The monoisotopic (exact) mass is 203 g/mol. The van der Waals surface area contributed by atoms with E-state index in [-0.39, 0.29) is 18.6 Å². The highest BCUT2D eigenvalue weighted by Gasteiger charge is 2.31. The molecule has 0 aliphatic carbocycles. The van der Waals surface area contributed by atoms with Crippen LogP contribution in [0.15, 0.2) is 0 Å². The standard InChI is InChI=1S/C9H21N3O2/c1-5-7(8(14)11-10)12(4)9(2,3)6-13/h7,13H,5-6,10H2,1-4H3,(H,11,14). The zero-order chi connectivity index (χ0) is 11.4. The van der Waals surface area contributed by atoms with Crippen molar-refractivity contribution in [3.05, 3.63) is 0 Å². The van der Waals surface area contributed by atoms with Crippen LogP contribution in [0.4, 0.5) is 0 Å². The second-order valence-electron chi connectivity index (χ2n) is 4.01. The summed E-state index contributed by atoms with van der Waals surface area (Å²) in [7, 11) is 1.81. The predicted octanol–water partition coefficient (Wildman–Crippen LogP) is -0.542. The molecule has 0 aliphatic rings. The van der Waals surface area contributed by atoms with Crippen LogP contribution in [0.5, 0.6) is 0 Å². The smallest absolute Gasteiger partial charge is 0.251 e. The lowest BCUT2D eigenvalue weighted by atomic mass is 10.0. The van der Waals surface area contributed by atoms with E-state index < -0.39 is 5.54 Å². The molecular weight excluding hydrogens is 182 g/mol. The molecule has 0 saturated carbocycles. The van der Waals surface area contributed by atoms with Crippen molar-refractivity contribution in [3.63, 3.8) is 0 Å². The summed E-state index contributed by atoms with van der Waals surface area (Å²) in [6, 6.07) is -0.304. The van der Waals surface area contributed by atoms with Crippen LogP contribution >= 0.6 is 0 Å². The Hall–Kier alpha value is -0.650. The number of likely N-dealkylation sites (N-methyl/N-ethyl adjacent to an activating group) is 1. The van der Waals surface area contributed by atoms with E-state index in [0.717, 1.165) is 0 Å². The van der Waals surface area contributed by atoms with Gasteiger partial charge in [-0.05, 0) is 27.3 Å². The SMILES string of the molecule is CCC(C(=O)NN)N(C)C(C)(C)CO. The summed E-state index contributed by atoms with van der Waals surface area (Å²) in [5.41, 5.74) is 1.71. The lowest BCUT2D eigenvalue weighted by Crippen LogP contribution is -2.56. The topological polar surface area (TPSA) is 78.6 Å². The van der Waals surface area contributed by atoms with E-state index in [1.165, 1.54) is 0 Å². The lowest BCUT2D eigenvalue weighted by molar-refractivity contribution is -0.128. The van der Waals surface area contributed by atoms with Crippen molar-refractivity contribution in [2.75, 3.05) is 13.7 Å². The Labute approximate surface area is 85.2 Å². The van der Waals surface area contributed by atoms with Crippen molar-refractivity contribution in [2.24, 2.45) is 5.84 Å². The number of rotatable bonds is 5. The van der Waals surface area contributed by atoms with Crippen molar-refractivity contribution in [1.29, 1.82) is 0 Å². The average Bonchev–Trinajstić information content (AvgIpc) is 2.18. The summed E-state index contributed by atoms with van der Waals surface area (Å²) in [4.78, 5) is 13.2. The second-order valence-corrected chi connectivity index (χ2v) is 4.01. The number of aliphatic hydroxyl groups excluding tert-OH is 1. The summed E-state index contributed by atoms with van der Waals surface area (Å²) in [6.45, 7) is 5.65. The van der Waals surface area contributed by atoms with Crippen LogP contribution in [0.1, 0.15) is 27.2 Å². The molecule has 0 fully saturated rings. The summed E-state index contributed by atoms with van der Waals surface area (Å²) < 4.78 is 0. The quantitative estimate of drug-likeness (QED) is 0.318. The summed E-state index contributed by atoms with van der Waals surface area (Å²) in [6.07, 6.45) is 0.656. The Balaban J connectivity index is 4.61. The number of hydrazine groups is 1. The first-order valence-electron chi connectivity index (χ1n) is 4.75. The number of amides is 1. The molecule has 0 saturated heterocycles. The molecule has 0 heterocycles. The fourth-order valence-corrected chi connectivity index (χ4v) is 1.26. The van der Waals surface area contributed by atoms with Gasteiger partial charge in [-0.1, -0.05) is 6.92 Å². The minimum atomic E-state index is -0.423. The number of nitrogens with zero attached hydrogens (tertiary/aromatic N) is 1. The highest BCUT2D eigenvalue weighted by molar-refractivity contribution is 5.81. The maximum Gasteiger partial charge on any atom is 0.251 e. The molecule has 84 valence electrons. The van der Waals surface area contributed by atoms with Crippen molar-refractivity contribution < 1.29 is 9.90 Å². The third kappa shape index (κ3) is 2.94. The lowest BCUT2D eigenvalue weighted by Gasteiger charge is -2.38. The van der Waals surface area contributed by atoms with E-state index in [0.29, 0.717) is 6.42 Å². The molecule has 5 heteroatoms. The van der Waals surface area contributed by atoms with Gasteiger partial charge in [0.15, 0.2) is 0 Å². The number of aliphatic hydroxyl groups is 1. The van der Waals surface area contributed by atoms with Crippen LogP contribution in [0.3, 0.4) is 0 Å². The van der Waals surface area contributed by atoms with Crippen LogP contribution in [0.2, 0.25) is 0 Å². The van der Waals surface area contributed by atoms with Crippen LogP contribution in [-0.2, 0) is 4.79 Å². The molecule has 4 N–H and O–H groups in total. The van der Waals surface area contributed by atoms with Crippen molar-refractivity contribution in [3.8, 4) is 0 Å². The highest BCUT2D eigenvalue weighted by Crippen LogP contribution is 2.16. The number of carbonyl (C=O) groups is 1. The van der Waals surface area contributed by atoms with Gasteiger partial charge in [-0.3, -0.25) is 15.1 Å². The molecular formula is C9H21N3O2. The predicted molar refractivity (Wildman–Crippen MR) is 55.3 cm³/mol. The molecule has 0 bridgehead atoms. The fraction of sp³-hybridized carbons (Fsp3) is 0.889. The van der Waals surface area contributed by atoms with Gasteiger partial charge in [0, 0.05) is 5.54 Å². The molecule has 0 aliphatic heterocycles. The molecule has 14 heavy (non-hydrogen) atoms. The molecule has 0 aromatic rings. The molecule has 1 atom stereocenters. The Kier molecular flexibility index (Phi) is 5.04. The largest absolute Gasteiger partial charge is 0.394 e. The van der Waals surface area contributed by atoms with Crippen LogP contribution in [0.25, 0.3) is 0 Å². The fourth-order valence-electron chi connectivity index (χ4n) is 1.26. The van der Waals surface area contributed by atoms with Crippen LogP contribution in [-0.4, -0.2) is 41.1 Å². The van der Waals surface area contributed by atoms with E-state index in [4.69, 9.17) is 10.9 Å². The first-order valence-corrected chi connectivity index (χ1v) is 4.75. The van der Waals surface area contributed by atoms with E-state index >= 15 is 0 Å². The Morgan fingerprint density at radius 3 is 2.43 bits per heavy atom. The number of hydrogen-bond donors (Lipinski definition) is 3. The number of nitrogens with one attached hydrogen (secondary N) is 1. The van der Waals surface area contributed by atoms with Gasteiger partial charge in [-0.25, -0.2) is 5.84 Å². The average molecular weight is 203 g/mol. The zero-order valence-corrected chi connectivity index (χ0v) is 9.37. The maximum absolute atomic E-state index is 11.4. The van der Waals surface area contributed by atoms with Gasteiger partial charge < -0.3 is 5.11 Å². The maximum atomic E-state index is 11.4. The van der Waals surface area contributed by atoms with E-state index in [1.807, 2.05) is 25.7 Å². The van der Waals surface area contributed by atoms with E-state index in [2.05, 4.69) is 5.43 Å². The Morgan fingerprint density at radius 2 is 2.14 bits per heavy atom. The summed E-state index contributed by atoms with van der Waals surface area (Å²) >= 11 is 0. The molecule has 1 unspecified atom stereocenters. The minimum Gasteiger partial charge on any atom is -0.394 e. The first-order chi connectivity index (χ1) is 6.40. The van der Waals surface area contributed by atoms with Gasteiger partial charge in [-0.15, -0.1) is 0 Å². The molecule has 5 nitrogen and oxygen atoms in total. The molecule has 0 aromatic carbocycles. The van der Waals surface area contributed by atoms with Gasteiger partial charge in [0.25, 0.3) is 5.91 Å². The zero-order valence-electron chi connectivity index (χ0n) is 9.37. The second kappa shape index (κ2) is 5.29. The Bertz CT molecular complexity index is 194. The summed E-state index contributed by atoms with van der Waals surface area (Å²) in [5.74, 6) is 4.86. The van der Waals surface area contributed by atoms with E-state index in [9.17, 15) is 4.79 Å². The Morgan fingerprint density at radius 1 is 1.64 bits per heavy atom. The van der Waals surface area contributed by atoms with Gasteiger partial charge in [0.05, 0.1) is 12.6 Å². The number of hydrogen-bond acceptors (Lipinski definition) is 4. The highest BCUT2D eigenvalue weighted by atomic mass is 16.3. The number of carbonyl (C=O) groups excluding carboxylic acids is 1. The van der Waals surface area contributed by atoms with Gasteiger partial charge >= 0.3 is 0 Å². The van der Waals surface area contributed by atoms with Crippen molar-refractivity contribution >= 4 is 5.91 Å².